The number of para-hydroxylation sites is 1. The van der Waals surface area contributed by atoms with Crippen LogP contribution in [0.15, 0.2) is 53.6 Å². The molecule has 2 aromatic carbocycles. The van der Waals surface area contributed by atoms with E-state index >= 15 is 0 Å². The van der Waals surface area contributed by atoms with E-state index in [1.165, 1.54) is 17.0 Å². The zero-order valence-electron chi connectivity index (χ0n) is 16.7. The van der Waals surface area contributed by atoms with Gasteiger partial charge in [-0.3, -0.25) is 19.3 Å². The largest absolute Gasteiger partial charge is 0.507 e. The summed E-state index contributed by atoms with van der Waals surface area (Å²) in [7, 11) is 0. The van der Waals surface area contributed by atoms with Gasteiger partial charge in [0.1, 0.15) is 5.75 Å². The van der Waals surface area contributed by atoms with Gasteiger partial charge in [-0.25, -0.2) is 5.43 Å². The summed E-state index contributed by atoms with van der Waals surface area (Å²) in [6.45, 7) is 1.74. The summed E-state index contributed by atoms with van der Waals surface area (Å²) in [5.74, 6) is -1.19. The molecule has 154 valence electrons. The summed E-state index contributed by atoms with van der Waals surface area (Å²) < 4.78 is 0. The predicted octanol–water partition coefficient (Wildman–Crippen LogP) is 3.23. The Hall–Kier alpha value is -3.48. The Morgan fingerprint density at radius 2 is 1.60 bits per heavy atom. The minimum Gasteiger partial charge on any atom is -0.507 e. The summed E-state index contributed by atoms with van der Waals surface area (Å²) in [6.07, 6.45) is 3.56. The van der Waals surface area contributed by atoms with Crippen molar-refractivity contribution >= 4 is 29.1 Å². The molecule has 2 aromatic rings. The molecule has 30 heavy (non-hydrogen) atoms. The number of anilines is 1. The number of amides is 3. The second kappa shape index (κ2) is 8.10. The molecular weight excluding hydrogens is 382 g/mol. The molecule has 2 fully saturated rings. The maximum absolute atomic E-state index is 12.7. The number of rotatable bonds is 4. The molecular formula is C23H23N3O4. The van der Waals surface area contributed by atoms with E-state index in [1.807, 2.05) is 0 Å². The van der Waals surface area contributed by atoms with E-state index in [-0.39, 0.29) is 35.0 Å². The molecule has 1 saturated carbocycles. The number of hydrogen-bond donors (Lipinski definition) is 2. The van der Waals surface area contributed by atoms with E-state index in [4.69, 9.17) is 0 Å². The van der Waals surface area contributed by atoms with Crippen molar-refractivity contribution in [3.63, 3.8) is 0 Å². The minimum atomic E-state index is -0.514. The Bertz CT molecular complexity index is 1000. The average molecular weight is 405 g/mol. The van der Waals surface area contributed by atoms with E-state index < -0.39 is 5.91 Å². The van der Waals surface area contributed by atoms with Gasteiger partial charge in [0, 0.05) is 0 Å². The van der Waals surface area contributed by atoms with Gasteiger partial charge in [0.2, 0.25) is 11.8 Å². The Morgan fingerprint density at radius 1 is 1.00 bits per heavy atom. The smallest absolute Gasteiger partial charge is 0.275 e. The van der Waals surface area contributed by atoms with Gasteiger partial charge in [0.15, 0.2) is 0 Å². The molecule has 0 radical (unpaired) electrons. The molecule has 0 bridgehead atoms. The highest BCUT2D eigenvalue weighted by atomic mass is 16.3. The lowest BCUT2D eigenvalue weighted by atomic mass is 9.81. The fraction of sp³-hybridized carbons (Fsp3) is 0.304. The van der Waals surface area contributed by atoms with Crippen molar-refractivity contribution in [2.75, 3.05) is 4.90 Å². The number of hydrazone groups is 1. The number of carbonyl (C=O) groups excluding carboxylic acids is 3. The summed E-state index contributed by atoms with van der Waals surface area (Å²) >= 11 is 0. The second-order valence-electron chi connectivity index (χ2n) is 7.71. The Kier molecular flexibility index (Phi) is 5.35. The van der Waals surface area contributed by atoms with Crippen LogP contribution in [-0.2, 0) is 9.59 Å². The van der Waals surface area contributed by atoms with Crippen LogP contribution >= 0.6 is 0 Å². The van der Waals surface area contributed by atoms with Gasteiger partial charge >= 0.3 is 0 Å². The number of phenols is 1. The number of fused-ring (bicyclic) bond motifs is 1. The number of benzene rings is 2. The van der Waals surface area contributed by atoms with Crippen molar-refractivity contribution in [3.8, 4) is 5.75 Å². The van der Waals surface area contributed by atoms with Crippen LogP contribution in [0.2, 0.25) is 0 Å². The Labute approximate surface area is 174 Å². The zero-order chi connectivity index (χ0) is 21.3. The van der Waals surface area contributed by atoms with E-state index in [0.717, 1.165) is 31.2 Å². The second-order valence-corrected chi connectivity index (χ2v) is 7.71. The number of aromatic hydroxyl groups is 1. The van der Waals surface area contributed by atoms with E-state index in [1.54, 1.807) is 43.3 Å². The summed E-state index contributed by atoms with van der Waals surface area (Å²) in [4.78, 5) is 38.9. The van der Waals surface area contributed by atoms with Crippen LogP contribution in [0.5, 0.6) is 5.75 Å². The first kappa shape index (κ1) is 19.8. The molecule has 2 aliphatic rings. The van der Waals surface area contributed by atoms with Crippen molar-refractivity contribution in [2.24, 2.45) is 16.9 Å². The van der Waals surface area contributed by atoms with Gasteiger partial charge in [0.25, 0.3) is 5.91 Å². The molecule has 0 spiro atoms. The molecule has 1 aliphatic carbocycles. The quantitative estimate of drug-likeness (QED) is 0.463. The third kappa shape index (κ3) is 3.58. The maximum Gasteiger partial charge on any atom is 0.275 e. The zero-order valence-corrected chi connectivity index (χ0v) is 16.7. The number of nitrogens with zero attached hydrogens (tertiary/aromatic N) is 2. The molecule has 4 rings (SSSR count). The molecule has 1 saturated heterocycles. The summed E-state index contributed by atoms with van der Waals surface area (Å²) in [5.41, 5.74) is 4.42. The molecule has 2 unspecified atom stereocenters. The van der Waals surface area contributed by atoms with Gasteiger partial charge < -0.3 is 5.11 Å². The van der Waals surface area contributed by atoms with Crippen LogP contribution in [0.25, 0.3) is 0 Å². The number of nitrogens with one attached hydrogen (secondary N) is 1. The molecule has 7 heteroatoms. The standard InChI is InChI=1S/C23H23N3O4/c1-14(24-25-21(28)19-8-4-5-9-20(19)27)15-10-12-16(13-11-15)26-22(29)17-6-2-3-7-18(17)23(26)30/h4-5,8-13,17-18,27H,2-3,6-7H2,1H3,(H,25,28)/b24-14-. The molecule has 2 N–H and O–H groups in total. The molecule has 1 heterocycles. The van der Waals surface area contributed by atoms with Crippen LogP contribution in [0.3, 0.4) is 0 Å². The molecule has 3 amide bonds. The third-order valence-electron chi connectivity index (χ3n) is 5.86. The minimum absolute atomic E-state index is 0.0993. The topological polar surface area (TPSA) is 99.1 Å². The third-order valence-corrected chi connectivity index (χ3v) is 5.86. The molecule has 2 atom stereocenters. The first-order valence-corrected chi connectivity index (χ1v) is 10.1. The highest BCUT2D eigenvalue weighted by molar-refractivity contribution is 6.22. The lowest BCUT2D eigenvalue weighted by Gasteiger charge is -2.19. The van der Waals surface area contributed by atoms with Crippen LogP contribution in [0.1, 0.15) is 48.5 Å². The van der Waals surface area contributed by atoms with Crippen LogP contribution in [0.4, 0.5) is 5.69 Å². The first-order valence-electron chi connectivity index (χ1n) is 10.1. The van der Waals surface area contributed by atoms with Gasteiger partial charge in [-0.2, -0.15) is 5.10 Å². The fourth-order valence-electron chi connectivity index (χ4n) is 4.19. The van der Waals surface area contributed by atoms with Crippen molar-refractivity contribution in [3.05, 3.63) is 59.7 Å². The van der Waals surface area contributed by atoms with E-state index in [9.17, 15) is 19.5 Å². The Balaban J connectivity index is 1.47. The SMILES string of the molecule is C/C(=N/NC(=O)c1ccccc1O)c1ccc(N2C(=O)C3CCCCC3C2=O)cc1. The first-order chi connectivity index (χ1) is 14.5. The van der Waals surface area contributed by atoms with E-state index in [2.05, 4.69) is 10.5 Å². The van der Waals surface area contributed by atoms with Crippen LogP contribution < -0.4 is 10.3 Å². The van der Waals surface area contributed by atoms with Crippen LogP contribution in [-0.4, -0.2) is 28.5 Å². The number of hydrogen-bond acceptors (Lipinski definition) is 5. The highest BCUT2D eigenvalue weighted by Crippen LogP contribution is 2.40. The predicted molar refractivity (Wildman–Crippen MR) is 112 cm³/mol. The summed E-state index contributed by atoms with van der Waals surface area (Å²) in [5, 5.41) is 13.8. The van der Waals surface area contributed by atoms with Crippen molar-refractivity contribution in [1.82, 2.24) is 5.43 Å². The number of carbonyl (C=O) groups is 3. The number of imide groups is 1. The lowest BCUT2D eigenvalue weighted by molar-refractivity contribution is -0.122. The van der Waals surface area contributed by atoms with Crippen molar-refractivity contribution in [2.45, 2.75) is 32.6 Å². The molecule has 1 aliphatic heterocycles. The fourth-order valence-corrected chi connectivity index (χ4v) is 4.19. The van der Waals surface area contributed by atoms with Crippen LogP contribution in [0, 0.1) is 11.8 Å². The number of phenolic OH excluding ortho intramolecular Hbond substituents is 1. The molecule has 7 nitrogen and oxygen atoms in total. The van der Waals surface area contributed by atoms with Gasteiger partial charge in [-0.15, -0.1) is 0 Å². The van der Waals surface area contributed by atoms with Gasteiger partial charge in [-0.05, 0) is 49.6 Å². The maximum atomic E-state index is 12.7. The lowest BCUT2D eigenvalue weighted by Crippen LogP contribution is -2.30. The molecule has 0 aromatic heterocycles. The van der Waals surface area contributed by atoms with E-state index in [0.29, 0.717) is 11.4 Å². The Morgan fingerprint density at radius 3 is 2.20 bits per heavy atom. The average Bonchev–Trinajstić information content (AvgIpc) is 3.02. The van der Waals surface area contributed by atoms with Crippen molar-refractivity contribution < 1.29 is 19.5 Å². The normalized spacial score (nSPS) is 21.5. The van der Waals surface area contributed by atoms with Gasteiger partial charge in [0.05, 0.1) is 28.8 Å². The van der Waals surface area contributed by atoms with Gasteiger partial charge in [-0.1, -0.05) is 37.1 Å². The highest BCUT2D eigenvalue weighted by Gasteiger charge is 2.48. The monoisotopic (exact) mass is 405 g/mol. The van der Waals surface area contributed by atoms with Crippen molar-refractivity contribution in [1.29, 1.82) is 0 Å². The summed E-state index contributed by atoms with van der Waals surface area (Å²) in [6, 6.07) is 13.2.